The minimum Gasteiger partial charge on any atom is -0.478 e. The topological polar surface area (TPSA) is 281 Å². The molecule has 2 aliphatic heterocycles. The lowest BCUT2D eigenvalue weighted by Crippen LogP contribution is -2.03. The summed E-state index contributed by atoms with van der Waals surface area (Å²) in [6.07, 6.45) is 0. The Kier molecular flexibility index (Phi) is 12.9. The van der Waals surface area contributed by atoms with Crippen LogP contribution < -0.4 is 0 Å². The first-order valence-electron chi connectivity index (χ1n) is 31.0. The van der Waals surface area contributed by atoms with Crippen molar-refractivity contribution in [2.75, 3.05) is 0 Å². The molecule has 0 atom stereocenters. The van der Waals surface area contributed by atoms with Crippen molar-refractivity contribution in [2.24, 2.45) is 0 Å². The second kappa shape index (κ2) is 21.9. The van der Waals surface area contributed by atoms with E-state index in [1.807, 2.05) is 146 Å². The Morgan fingerprint density at radius 3 is 0.704 bits per heavy atom. The van der Waals surface area contributed by atoms with E-state index >= 15 is 0 Å². The lowest BCUT2D eigenvalue weighted by atomic mass is 9.90. The van der Waals surface area contributed by atoms with E-state index in [4.69, 9.17) is 9.97 Å². The van der Waals surface area contributed by atoms with Crippen molar-refractivity contribution in [2.45, 2.75) is 0 Å². The van der Waals surface area contributed by atoms with Crippen LogP contribution in [0.3, 0.4) is 0 Å². The van der Waals surface area contributed by atoms with Crippen molar-refractivity contribution in [3.8, 4) is 89.5 Å². The number of fused-ring (bicyclic) bond motifs is 4. The second-order valence-corrected chi connectivity index (χ2v) is 24.4. The Balaban J connectivity index is 1.25. The highest BCUT2D eigenvalue weighted by Crippen LogP contribution is 2.54. The van der Waals surface area contributed by atoms with Gasteiger partial charge in [-0.05, 0) is 175 Å². The number of hydrogen-bond acceptors (Lipinski definition) is 8. The molecule has 0 spiro atoms. The zero-order chi connectivity index (χ0) is 67.1. The van der Waals surface area contributed by atoms with Gasteiger partial charge in [-0.15, -0.1) is 0 Å². The van der Waals surface area contributed by atoms with Gasteiger partial charge in [-0.1, -0.05) is 121 Å². The molecule has 8 N–H and O–H groups in total. The van der Waals surface area contributed by atoms with Gasteiger partial charge in [-0.2, -0.15) is 0 Å². The number of aromatic carboxylic acids is 6. The molecule has 0 unspecified atom stereocenters. The minimum absolute atomic E-state index is 0.0527. The number of benzene rings is 12. The summed E-state index contributed by atoms with van der Waals surface area (Å²) in [4.78, 5) is 100. The lowest BCUT2D eigenvalue weighted by molar-refractivity contribution is 0.0676. The first kappa shape index (κ1) is 58.0. The van der Waals surface area contributed by atoms with Gasteiger partial charge in [-0.3, -0.25) is 0 Å². The van der Waals surface area contributed by atoms with Crippen LogP contribution >= 0.6 is 0 Å². The number of aromatic nitrogens is 4. The maximum Gasteiger partial charge on any atom is 0.335 e. The van der Waals surface area contributed by atoms with Crippen molar-refractivity contribution in [3.63, 3.8) is 0 Å². The number of carboxylic acids is 6. The predicted molar refractivity (Wildman–Crippen MR) is 378 cm³/mol. The quantitative estimate of drug-likeness (QED) is 0.0632. The Morgan fingerprint density at radius 2 is 0.459 bits per heavy atom. The van der Waals surface area contributed by atoms with Crippen LogP contribution in [0.5, 0.6) is 0 Å². The molecule has 12 aromatic carbocycles. The maximum absolute atomic E-state index is 13.5. The van der Waals surface area contributed by atoms with E-state index in [-0.39, 0.29) is 78.1 Å². The Hall–Kier alpha value is -13.9. The van der Waals surface area contributed by atoms with Crippen LogP contribution in [0.1, 0.15) is 62.1 Å². The van der Waals surface area contributed by atoms with Gasteiger partial charge >= 0.3 is 35.8 Å². The molecular formula is C82H46N4O12. The molecule has 14 aromatic rings. The number of rotatable bonds is 10. The molecule has 2 aromatic heterocycles. The molecule has 98 heavy (non-hydrogen) atoms. The Bertz CT molecular complexity index is 5970. The van der Waals surface area contributed by atoms with E-state index in [0.717, 1.165) is 55.2 Å². The van der Waals surface area contributed by atoms with Crippen molar-refractivity contribution >= 4 is 123 Å². The van der Waals surface area contributed by atoms with E-state index in [1.54, 1.807) is 36.4 Å². The average molecular weight is 1280 g/mol. The molecule has 0 amide bonds. The Labute approximate surface area is 552 Å². The summed E-state index contributed by atoms with van der Waals surface area (Å²) in [5.41, 5.74) is 5.13. The van der Waals surface area contributed by atoms with Crippen LogP contribution in [0.2, 0.25) is 0 Å². The molecule has 16 nitrogen and oxygen atoms in total. The fourth-order valence-electron chi connectivity index (χ4n) is 14.4. The first-order valence-corrected chi connectivity index (χ1v) is 31.0. The van der Waals surface area contributed by atoms with E-state index < -0.39 is 35.8 Å². The fourth-order valence-corrected chi connectivity index (χ4v) is 14.4. The third-order valence-corrected chi connectivity index (χ3v) is 18.8. The third-order valence-electron chi connectivity index (χ3n) is 18.8. The van der Waals surface area contributed by atoms with Crippen molar-refractivity contribution in [1.29, 1.82) is 0 Å². The van der Waals surface area contributed by atoms with E-state index in [1.165, 1.54) is 36.4 Å². The number of carboxylic acid groups (broad SMARTS) is 6. The average Bonchev–Trinajstić information content (AvgIpc) is 1.55. The van der Waals surface area contributed by atoms with Gasteiger partial charge in [0.25, 0.3) is 0 Å². The summed E-state index contributed by atoms with van der Waals surface area (Å²) in [5, 5.41) is 74.1. The molecule has 0 radical (unpaired) electrons. The maximum atomic E-state index is 13.5. The van der Waals surface area contributed by atoms with Crippen LogP contribution in [0.15, 0.2) is 231 Å². The lowest BCUT2D eigenvalue weighted by Gasteiger charge is -2.12. The van der Waals surface area contributed by atoms with Crippen LogP contribution in [0.25, 0.3) is 176 Å². The van der Waals surface area contributed by atoms with Crippen molar-refractivity contribution < 1.29 is 59.4 Å². The number of nitrogens with one attached hydrogen (secondary N) is 2. The SMILES string of the molecule is O=C(O)c1cccc(-c2c3nc(c(-c4cc(C(=O)O)cc(C(=O)O)c4)c4[nH]c(c(-c5cc(C(=O)O)cc(C(=O)O)c5)c5nc(c(-c6cccc(C(=O)O)c6)c6[nH]c2c2cc7ccccc7cc62)-c2cc6ccccc6cc2-5)c2cc5ccccc5cc42)-c2cc4ccccc4cc2-3)c1. The highest BCUT2D eigenvalue weighted by Gasteiger charge is 2.33. The van der Waals surface area contributed by atoms with Gasteiger partial charge in [0.2, 0.25) is 0 Å². The van der Waals surface area contributed by atoms with Crippen LogP contribution in [0.4, 0.5) is 0 Å². The second-order valence-electron chi connectivity index (χ2n) is 24.4. The molecule has 0 fully saturated rings. The molecule has 17 rings (SSSR count). The summed E-state index contributed by atoms with van der Waals surface area (Å²) in [6, 6.07) is 67.1. The summed E-state index contributed by atoms with van der Waals surface area (Å²) < 4.78 is 0. The van der Waals surface area contributed by atoms with Gasteiger partial charge < -0.3 is 40.6 Å². The molecule has 16 heteroatoms. The number of nitrogens with zero attached hydrogens (tertiary/aromatic N) is 2. The zero-order valence-electron chi connectivity index (χ0n) is 51.0. The normalized spacial score (nSPS) is 11.8. The van der Waals surface area contributed by atoms with Crippen LogP contribution in [-0.2, 0) is 0 Å². The predicted octanol–water partition coefficient (Wildman–Crippen LogP) is 18.8. The molecule has 0 saturated carbocycles. The molecule has 4 heterocycles. The fraction of sp³-hybridized carbons (Fsp3) is 0. The van der Waals surface area contributed by atoms with E-state index in [0.29, 0.717) is 88.5 Å². The highest BCUT2D eigenvalue weighted by atomic mass is 16.4. The molecule has 466 valence electrons. The van der Waals surface area contributed by atoms with Gasteiger partial charge in [-0.25, -0.2) is 38.7 Å². The standard InChI is InChI=1S/C82H46N4O12/c87-77(88)49-21-9-19-47(23-49)65-69-57-31-39-11-1-2-12-40(39)32-58(57)70(83-69)66(48-20-10-22-50(24-48)78(89)90)72-60-34-42-14-4-6-16-44(42)36-62(60)74(85-72)68(52-27-55(81(95)96)30-56(28-52)82(97)98)76-64-38-46-18-8-7-17-45(46)37-63(64)75(86-76)67(51-25-53(79(91)92)29-54(26-51)80(93)94)73-61-35-43-15-5-3-13-41(43)33-59(61)71(65)84-73/h1-38,83,86H,(H,87,88)(H,89,90)(H,91,92)(H,93,94)(H,95,96)(H,97,98). The minimum atomic E-state index is -1.43. The summed E-state index contributed by atoms with van der Waals surface area (Å²) in [7, 11) is 0. The largest absolute Gasteiger partial charge is 0.478 e. The van der Waals surface area contributed by atoms with Gasteiger partial charge in [0.15, 0.2) is 0 Å². The number of aromatic amines is 2. The highest BCUT2D eigenvalue weighted by molar-refractivity contribution is 6.25. The molecule has 3 aliphatic rings. The van der Waals surface area contributed by atoms with Crippen LogP contribution in [0, 0.1) is 0 Å². The van der Waals surface area contributed by atoms with E-state index in [9.17, 15) is 59.4 Å². The van der Waals surface area contributed by atoms with Gasteiger partial charge in [0.05, 0.1) is 78.2 Å². The zero-order valence-corrected chi connectivity index (χ0v) is 51.0. The smallest absolute Gasteiger partial charge is 0.335 e. The first-order chi connectivity index (χ1) is 47.5. The van der Waals surface area contributed by atoms with Crippen LogP contribution in [-0.4, -0.2) is 86.4 Å². The molecule has 0 saturated heterocycles. The number of H-pyrrole nitrogens is 2. The molecular weight excluding hydrogens is 1230 g/mol. The van der Waals surface area contributed by atoms with Gasteiger partial charge in [0.1, 0.15) is 0 Å². The number of carbonyl (C=O) groups is 6. The molecule has 1 aliphatic carbocycles. The summed E-state index contributed by atoms with van der Waals surface area (Å²) in [6.45, 7) is 0. The monoisotopic (exact) mass is 1280 g/mol. The third kappa shape index (κ3) is 9.22. The van der Waals surface area contributed by atoms with Gasteiger partial charge in [0, 0.05) is 66.1 Å². The van der Waals surface area contributed by atoms with Crippen molar-refractivity contribution in [3.05, 3.63) is 264 Å². The van der Waals surface area contributed by atoms with Crippen molar-refractivity contribution in [1.82, 2.24) is 19.9 Å². The Morgan fingerprint density at radius 1 is 0.235 bits per heavy atom. The van der Waals surface area contributed by atoms with E-state index in [2.05, 4.69) is 9.97 Å². The summed E-state index contributed by atoms with van der Waals surface area (Å²) >= 11 is 0. The number of hydrogen-bond donors (Lipinski definition) is 8. The molecule has 8 bridgehead atoms. The summed E-state index contributed by atoms with van der Waals surface area (Å²) in [5.74, 6) is -8.14.